The number of fused-ring (bicyclic) bond motifs is 1. The van der Waals surface area contributed by atoms with Crippen molar-refractivity contribution in [2.45, 2.75) is 51.6 Å². The van der Waals surface area contributed by atoms with E-state index >= 15 is 0 Å². The molecular formula is C15H21N3. The number of nitrogens with zero attached hydrogens (tertiary/aromatic N) is 1. The van der Waals surface area contributed by atoms with Gasteiger partial charge in [-0.15, -0.1) is 0 Å². The van der Waals surface area contributed by atoms with Crippen LogP contribution in [0.4, 0.5) is 0 Å². The summed E-state index contributed by atoms with van der Waals surface area (Å²) >= 11 is 0. The molecule has 1 aromatic carbocycles. The van der Waals surface area contributed by atoms with E-state index in [9.17, 15) is 0 Å². The zero-order chi connectivity index (χ0) is 12.4. The number of nitrogens with one attached hydrogen (secondary N) is 2. The molecule has 2 aromatic rings. The van der Waals surface area contributed by atoms with E-state index in [0.29, 0.717) is 6.04 Å². The second-order valence-electron chi connectivity index (χ2n) is 5.25. The minimum Gasteiger partial charge on any atom is -0.341 e. The van der Waals surface area contributed by atoms with Crippen molar-refractivity contribution in [3.05, 3.63) is 29.6 Å². The fourth-order valence-corrected chi connectivity index (χ4v) is 2.78. The Labute approximate surface area is 108 Å². The molecule has 18 heavy (non-hydrogen) atoms. The van der Waals surface area contributed by atoms with Crippen LogP contribution in [-0.2, 0) is 13.0 Å². The molecule has 0 radical (unpaired) electrons. The lowest BCUT2D eigenvalue weighted by molar-refractivity contribution is 0.516. The van der Waals surface area contributed by atoms with Gasteiger partial charge in [-0.3, -0.25) is 0 Å². The molecule has 1 aromatic heterocycles. The second kappa shape index (κ2) is 5.11. The maximum absolute atomic E-state index is 4.63. The first-order valence-corrected chi connectivity index (χ1v) is 7.06. The predicted molar refractivity (Wildman–Crippen MR) is 74.6 cm³/mol. The monoisotopic (exact) mass is 243 g/mol. The lowest BCUT2D eigenvalue weighted by atomic mass is 10.1. The molecule has 0 unspecified atom stereocenters. The third-order valence-electron chi connectivity index (χ3n) is 3.92. The van der Waals surface area contributed by atoms with Gasteiger partial charge < -0.3 is 10.3 Å². The SMILES string of the molecule is CCc1ccc2nc(CNC3CCCC3)[nH]c2c1. The highest BCUT2D eigenvalue weighted by Crippen LogP contribution is 2.18. The molecule has 3 heteroatoms. The normalized spacial score (nSPS) is 16.7. The number of hydrogen-bond donors (Lipinski definition) is 2. The summed E-state index contributed by atoms with van der Waals surface area (Å²) in [5.41, 5.74) is 3.61. The Kier molecular flexibility index (Phi) is 3.33. The van der Waals surface area contributed by atoms with E-state index in [-0.39, 0.29) is 0 Å². The van der Waals surface area contributed by atoms with Crippen LogP contribution in [0.5, 0.6) is 0 Å². The van der Waals surface area contributed by atoms with Crippen LogP contribution in [0.1, 0.15) is 44.0 Å². The highest BCUT2D eigenvalue weighted by Gasteiger charge is 2.14. The molecule has 0 saturated heterocycles. The Bertz CT molecular complexity index is 524. The molecule has 1 heterocycles. The molecule has 96 valence electrons. The molecule has 1 saturated carbocycles. The van der Waals surface area contributed by atoms with Crippen molar-refractivity contribution in [3.63, 3.8) is 0 Å². The third kappa shape index (κ3) is 2.41. The average Bonchev–Trinajstić information content (AvgIpc) is 3.04. The highest BCUT2D eigenvalue weighted by atomic mass is 15.0. The molecule has 0 atom stereocenters. The van der Waals surface area contributed by atoms with Crippen molar-refractivity contribution < 1.29 is 0 Å². The molecule has 1 fully saturated rings. The fourth-order valence-electron chi connectivity index (χ4n) is 2.78. The fraction of sp³-hybridized carbons (Fsp3) is 0.533. The van der Waals surface area contributed by atoms with Gasteiger partial charge in [-0.1, -0.05) is 25.8 Å². The standard InChI is InChI=1S/C15H21N3/c1-2-11-7-8-13-14(9-11)18-15(17-13)10-16-12-5-3-4-6-12/h7-9,12,16H,2-6,10H2,1H3,(H,17,18). The van der Waals surface area contributed by atoms with E-state index < -0.39 is 0 Å². The van der Waals surface area contributed by atoms with Gasteiger partial charge in [0.05, 0.1) is 17.6 Å². The Morgan fingerprint density at radius 2 is 2.17 bits per heavy atom. The first kappa shape index (κ1) is 11.7. The third-order valence-corrected chi connectivity index (χ3v) is 3.92. The average molecular weight is 243 g/mol. The number of benzene rings is 1. The van der Waals surface area contributed by atoms with E-state index in [2.05, 4.69) is 40.4 Å². The van der Waals surface area contributed by atoms with Crippen molar-refractivity contribution >= 4 is 11.0 Å². The first-order chi connectivity index (χ1) is 8.85. The van der Waals surface area contributed by atoms with Gasteiger partial charge in [0.15, 0.2) is 0 Å². The van der Waals surface area contributed by atoms with E-state index in [4.69, 9.17) is 0 Å². The highest BCUT2D eigenvalue weighted by molar-refractivity contribution is 5.75. The second-order valence-corrected chi connectivity index (χ2v) is 5.25. The molecule has 0 amide bonds. The van der Waals surface area contributed by atoms with Gasteiger partial charge in [-0.2, -0.15) is 0 Å². The van der Waals surface area contributed by atoms with Crippen LogP contribution in [-0.4, -0.2) is 16.0 Å². The van der Waals surface area contributed by atoms with Crippen LogP contribution in [0.2, 0.25) is 0 Å². The molecule has 3 rings (SSSR count). The molecule has 0 spiro atoms. The number of aryl methyl sites for hydroxylation is 1. The number of aromatic amines is 1. The van der Waals surface area contributed by atoms with Gasteiger partial charge >= 0.3 is 0 Å². The maximum atomic E-state index is 4.63. The number of rotatable bonds is 4. The van der Waals surface area contributed by atoms with Gasteiger partial charge in [0, 0.05) is 6.04 Å². The summed E-state index contributed by atoms with van der Waals surface area (Å²) < 4.78 is 0. The summed E-state index contributed by atoms with van der Waals surface area (Å²) in [6.45, 7) is 3.04. The number of H-pyrrole nitrogens is 1. The summed E-state index contributed by atoms with van der Waals surface area (Å²) in [4.78, 5) is 8.05. The summed E-state index contributed by atoms with van der Waals surface area (Å²) in [6.07, 6.45) is 6.46. The lowest BCUT2D eigenvalue weighted by Crippen LogP contribution is -2.25. The lowest BCUT2D eigenvalue weighted by Gasteiger charge is -2.09. The zero-order valence-corrected chi connectivity index (χ0v) is 11.0. The summed E-state index contributed by atoms with van der Waals surface area (Å²) in [7, 11) is 0. The van der Waals surface area contributed by atoms with Crippen molar-refractivity contribution in [2.75, 3.05) is 0 Å². The first-order valence-electron chi connectivity index (χ1n) is 7.06. The Balaban J connectivity index is 1.72. The summed E-state index contributed by atoms with van der Waals surface area (Å²) in [5, 5.41) is 3.59. The minimum atomic E-state index is 0.699. The summed E-state index contributed by atoms with van der Waals surface area (Å²) in [5.74, 6) is 1.06. The van der Waals surface area contributed by atoms with Crippen molar-refractivity contribution in [1.82, 2.24) is 15.3 Å². The van der Waals surface area contributed by atoms with Gasteiger partial charge in [-0.25, -0.2) is 4.98 Å². The quantitative estimate of drug-likeness (QED) is 0.866. The topological polar surface area (TPSA) is 40.7 Å². The Morgan fingerprint density at radius 3 is 2.94 bits per heavy atom. The van der Waals surface area contributed by atoms with Crippen LogP contribution in [0.25, 0.3) is 11.0 Å². The predicted octanol–water partition coefficient (Wildman–Crippen LogP) is 3.16. The van der Waals surface area contributed by atoms with Gasteiger partial charge in [-0.05, 0) is 37.0 Å². The Hall–Kier alpha value is -1.35. The van der Waals surface area contributed by atoms with Gasteiger partial charge in [0.2, 0.25) is 0 Å². The van der Waals surface area contributed by atoms with Crippen LogP contribution in [0, 0.1) is 0 Å². The molecule has 3 nitrogen and oxygen atoms in total. The van der Waals surface area contributed by atoms with Crippen LogP contribution >= 0.6 is 0 Å². The van der Waals surface area contributed by atoms with Crippen LogP contribution in [0.15, 0.2) is 18.2 Å². The largest absolute Gasteiger partial charge is 0.341 e. The molecular weight excluding hydrogens is 222 g/mol. The van der Waals surface area contributed by atoms with Crippen LogP contribution < -0.4 is 5.32 Å². The van der Waals surface area contributed by atoms with Crippen molar-refractivity contribution in [3.8, 4) is 0 Å². The van der Waals surface area contributed by atoms with E-state index in [1.54, 1.807) is 0 Å². The number of imidazole rings is 1. The number of aromatic nitrogens is 2. The molecule has 1 aliphatic carbocycles. The van der Waals surface area contributed by atoms with Gasteiger partial charge in [0.1, 0.15) is 5.82 Å². The van der Waals surface area contributed by atoms with Crippen molar-refractivity contribution in [1.29, 1.82) is 0 Å². The van der Waals surface area contributed by atoms with E-state index in [1.165, 1.54) is 31.2 Å². The smallest absolute Gasteiger partial charge is 0.121 e. The Morgan fingerprint density at radius 1 is 1.33 bits per heavy atom. The zero-order valence-electron chi connectivity index (χ0n) is 11.0. The molecule has 1 aliphatic rings. The van der Waals surface area contributed by atoms with E-state index in [1.807, 2.05) is 0 Å². The maximum Gasteiger partial charge on any atom is 0.121 e. The van der Waals surface area contributed by atoms with E-state index in [0.717, 1.165) is 29.8 Å². The summed E-state index contributed by atoms with van der Waals surface area (Å²) in [6, 6.07) is 7.19. The molecule has 2 N–H and O–H groups in total. The van der Waals surface area contributed by atoms with Gasteiger partial charge in [0.25, 0.3) is 0 Å². The molecule has 0 aliphatic heterocycles. The van der Waals surface area contributed by atoms with Crippen LogP contribution in [0.3, 0.4) is 0 Å². The minimum absolute atomic E-state index is 0.699. The molecule has 0 bridgehead atoms. The van der Waals surface area contributed by atoms with Crippen molar-refractivity contribution in [2.24, 2.45) is 0 Å². The number of hydrogen-bond acceptors (Lipinski definition) is 2.